The second-order valence-corrected chi connectivity index (χ2v) is 7.38. The summed E-state index contributed by atoms with van der Waals surface area (Å²) in [4.78, 5) is 7.21. The number of ether oxygens (including phenoxy) is 1. The van der Waals surface area contributed by atoms with Crippen LogP contribution in [-0.4, -0.2) is 54.3 Å². The smallest absolute Gasteiger partial charge is 0.0897 e. The summed E-state index contributed by atoms with van der Waals surface area (Å²) in [7, 11) is 0. The fourth-order valence-electron chi connectivity index (χ4n) is 2.96. The van der Waals surface area contributed by atoms with Crippen LogP contribution < -0.4 is 5.32 Å². The molecule has 0 amide bonds. The Morgan fingerprint density at radius 1 is 1.43 bits per heavy atom. The van der Waals surface area contributed by atoms with E-state index in [1.807, 2.05) is 0 Å². The van der Waals surface area contributed by atoms with E-state index in [1.54, 1.807) is 11.3 Å². The van der Waals surface area contributed by atoms with Crippen molar-refractivity contribution in [2.45, 2.75) is 52.1 Å². The Labute approximate surface area is 132 Å². The molecule has 0 bridgehead atoms. The number of aryl methyl sites for hydroxylation is 1. The molecule has 1 aliphatic heterocycles. The van der Waals surface area contributed by atoms with E-state index in [0.29, 0.717) is 6.04 Å². The monoisotopic (exact) mass is 311 g/mol. The van der Waals surface area contributed by atoms with Gasteiger partial charge >= 0.3 is 0 Å². The Morgan fingerprint density at radius 2 is 2.14 bits per heavy atom. The topological polar surface area (TPSA) is 37.4 Å². The van der Waals surface area contributed by atoms with Crippen LogP contribution in [0, 0.1) is 6.92 Å². The molecule has 21 heavy (non-hydrogen) atoms. The molecule has 0 spiro atoms. The summed E-state index contributed by atoms with van der Waals surface area (Å²) in [6.45, 7) is 13.8. The zero-order valence-electron chi connectivity index (χ0n) is 13.8. The molecular formula is C16H29N3OS. The molecule has 1 fully saturated rings. The zero-order valence-corrected chi connectivity index (χ0v) is 14.6. The summed E-state index contributed by atoms with van der Waals surface area (Å²) in [5.41, 5.74) is 1.32. The lowest BCUT2D eigenvalue weighted by molar-refractivity contribution is -0.0233. The summed E-state index contributed by atoms with van der Waals surface area (Å²) in [5, 5.41) is 7.10. The normalized spacial score (nSPS) is 18.9. The molecule has 1 N–H and O–H groups in total. The van der Waals surface area contributed by atoms with E-state index in [-0.39, 0.29) is 5.54 Å². The highest BCUT2D eigenvalue weighted by Gasteiger charge is 2.36. The minimum absolute atomic E-state index is 0.108. The summed E-state index contributed by atoms with van der Waals surface area (Å²) in [6.07, 6.45) is 2.15. The third-order valence-electron chi connectivity index (χ3n) is 4.40. The molecule has 0 radical (unpaired) electrons. The van der Waals surface area contributed by atoms with Crippen molar-refractivity contribution in [2.24, 2.45) is 0 Å². The van der Waals surface area contributed by atoms with Gasteiger partial charge in [0.1, 0.15) is 0 Å². The SMILES string of the molecule is CCCNC(Cc1csc(C)n1)C(C)(C)N1CCOCC1. The van der Waals surface area contributed by atoms with Crippen molar-refractivity contribution in [2.75, 3.05) is 32.8 Å². The maximum Gasteiger partial charge on any atom is 0.0897 e. The first-order valence-electron chi connectivity index (χ1n) is 8.01. The van der Waals surface area contributed by atoms with E-state index in [0.717, 1.165) is 50.7 Å². The number of aromatic nitrogens is 1. The van der Waals surface area contributed by atoms with Gasteiger partial charge in [0.05, 0.1) is 23.9 Å². The van der Waals surface area contributed by atoms with E-state index >= 15 is 0 Å². The van der Waals surface area contributed by atoms with Crippen LogP contribution in [0.2, 0.25) is 0 Å². The highest BCUT2D eigenvalue weighted by molar-refractivity contribution is 7.09. The first-order chi connectivity index (χ1) is 10.0. The molecule has 0 aromatic carbocycles. The first-order valence-corrected chi connectivity index (χ1v) is 8.89. The molecule has 1 aromatic heterocycles. The van der Waals surface area contributed by atoms with Gasteiger partial charge in [-0.15, -0.1) is 11.3 Å². The lowest BCUT2D eigenvalue weighted by Gasteiger charge is -2.46. The summed E-state index contributed by atoms with van der Waals surface area (Å²) in [5.74, 6) is 0. The van der Waals surface area contributed by atoms with E-state index in [4.69, 9.17) is 4.74 Å². The number of morpholine rings is 1. The van der Waals surface area contributed by atoms with Gasteiger partial charge in [0.15, 0.2) is 0 Å². The number of rotatable bonds is 7. The maximum absolute atomic E-state index is 5.50. The van der Waals surface area contributed by atoms with Crippen molar-refractivity contribution >= 4 is 11.3 Å². The Bertz CT molecular complexity index is 427. The minimum atomic E-state index is 0.108. The van der Waals surface area contributed by atoms with Gasteiger partial charge in [-0.1, -0.05) is 6.92 Å². The van der Waals surface area contributed by atoms with Crippen molar-refractivity contribution in [3.63, 3.8) is 0 Å². The van der Waals surface area contributed by atoms with Gasteiger partial charge in [0.2, 0.25) is 0 Å². The average Bonchev–Trinajstić information content (AvgIpc) is 2.89. The number of nitrogens with zero attached hydrogens (tertiary/aromatic N) is 2. The Balaban J connectivity index is 2.08. The van der Waals surface area contributed by atoms with Crippen molar-refractivity contribution in [1.29, 1.82) is 0 Å². The number of hydrogen-bond donors (Lipinski definition) is 1. The van der Waals surface area contributed by atoms with Crippen LogP contribution in [0.15, 0.2) is 5.38 Å². The molecule has 0 aliphatic carbocycles. The van der Waals surface area contributed by atoms with Gasteiger partial charge in [-0.2, -0.15) is 0 Å². The first kappa shape index (κ1) is 16.9. The molecule has 120 valence electrons. The standard InChI is InChI=1S/C16H29N3OS/c1-5-6-17-15(11-14-12-21-13(2)18-14)16(3,4)19-7-9-20-10-8-19/h12,15,17H,5-11H2,1-4H3. The van der Waals surface area contributed by atoms with Gasteiger partial charge in [0.25, 0.3) is 0 Å². The molecule has 2 rings (SSSR count). The molecule has 1 aliphatic rings. The highest BCUT2D eigenvalue weighted by atomic mass is 32.1. The van der Waals surface area contributed by atoms with Crippen molar-refractivity contribution in [3.8, 4) is 0 Å². The van der Waals surface area contributed by atoms with Crippen LogP contribution in [0.4, 0.5) is 0 Å². The zero-order chi connectivity index (χ0) is 15.3. The molecule has 5 heteroatoms. The molecule has 1 atom stereocenters. The van der Waals surface area contributed by atoms with E-state index in [2.05, 4.69) is 48.3 Å². The molecule has 1 saturated heterocycles. The second-order valence-electron chi connectivity index (χ2n) is 6.32. The van der Waals surface area contributed by atoms with Gasteiger partial charge in [-0.05, 0) is 33.7 Å². The second kappa shape index (κ2) is 7.68. The van der Waals surface area contributed by atoms with Gasteiger partial charge in [0, 0.05) is 36.5 Å². The van der Waals surface area contributed by atoms with Crippen LogP contribution in [-0.2, 0) is 11.2 Å². The van der Waals surface area contributed by atoms with Crippen LogP contribution in [0.25, 0.3) is 0 Å². The van der Waals surface area contributed by atoms with Crippen LogP contribution in [0.1, 0.15) is 37.9 Å². The quantitative estimate of drug-likeness (QED) is 0.839. The van der Waals surface area contributed by atoms with Crippen LogP contribution in [0.5, 0.6) is 0 Å². The average molecular weight is 311 g/mol. The Hall–Kier alpha value is -0.490. The number of nitrogens with one attached hydrogen (secondary N) is 1. The third-order valence-corrected chi connectivity index (χ3v) is 5.22. The van der Waals surface area contributed by atoms with Crippen LogP contribution >= 0.6 is 11.3 Å². The third kappa shape index (κ3) is 4.49. The van der Waals surface area contributed by atoms with E-state index < -0.39 is 0 Å². The fraction of sp³-hybridized carbons (Fsp3) is 0.812. The lowest BCUT2D eigenvalue weighted by atomic mass is 9.88. The molecule has 1 aromatic rings. The highest BCUT2D eigenvalue weighted by Crippen LogP contribution is 2.24. The fourth-order valence-corrected chi connectivity index (χ4v) is 3.59. The van der Waals surface area contributed by atoms with Crippen molar-refractivity contribution in [1.82, 2.24) is 15.2 Å². The molecule has 2 heterocycles. The molecular weight excluding hydrogens is 282 g/mol. The van der Waals surface area contributed by atoms with Crippen molar-refractivity contribution in [3.05, 3.63) is 16.1 Å². The van der Waals surface area contributed by atoms with Gasteiger partial charge in [-0.3, -0.25) is 4.90 Å². The predicted octanol–water partition coefficient (Wildman–Crippen LogP) is 2.47. The Morgan fingerprint density at radius 3 is 2.71 bits per heavy atom. The number of thiazole rings is 1. The van der Waals surface area contributed by atoms with Crippen LogP contribution in [0.3, 0.4) is 0 Å². The molecule has 1 unspecified atom stereocenters. The largest absolute Gasteiger partial charge is 0.379 e. The molecule has 0 saturated carbocycles. The Kier molecular flexibility index (Phi) is 6.17. The summed E-state index contributed by atoms with van der Waals surface area (Å²) >= 11 is 1.74. The van der Waals surface area contributed by atoms with Gasteiger partial charge in [-0.25, -0.2) is 4.98 Å². The molecule has 4 nitrogen and oxygen atoms in total. The predicted molar refractivity (Wildman–Crippen MR) is 89.1 cm³/mol. The minimum Gasteiger partial charge on any atom is -0.379 e. The van der Waals surface area contributed by atoms with Gasteiger partial charge < -0.3 is 10.1 Å². The lowest BCUT2D eigenvalue weighted by Crippen LogP contribution is -2.61. The van der Waals surface area contributed by atoms with E-state index in [9.17, 15) is 0 Å². The van der Waals surface area contributed by atoms with E-state index in [1.165, 1.54) is 5.69 Å². The maximum atomic E-state index is 5.50. The van der Waals surface area contributed by atoms with Crippen molar-refractivity contribution < 1.29 is 4.74 Å². The summed E-state index contributed by atoms with van der Waals surface area (Å²) in [6, 6.07) is 0.414. The number of hydrogen-bond acceptors (Lipinski definition) is 5. The summed E-state index contributed by atoms with van der Waals surface area (Å²) < 4.78 is 5.50.